The van der Waals surface area contributed by atoms with E-state index in [9.17, 15) is 0 Å². The number of β-amino-alcohol motifs (C(OH)–C–C–N with tert-alkyl or cyclic N) is 1. The van der Waals surface area contributed by atoms with Gasteiger partial charge in [-0.2, -0.15) is 5.10 Å². The van der Waals surface area contributed by atoms with Crippen molar-refractivity contribution in [1.82, 2.24) is 15.0 Å². The summed E-state index contributed by atoms with van der Waals surface area (Å²) < 4.78 is 1.00. The first-order chi connectivity index (χ1) is 7.78. The van der Waals surface area contributed by atoms with Gasteiger partial charge in [0.15, 0.2) is 0 Å². The number of nitrogens with one attached hydrogen (secondary N) is 1. The van der Waals surface area contributed by atoms with Crippen molar-refractivity contribution in [3.63, 3.8) is 0 Å². The summed E-state index contributed by atoms with van der Waals surface area (Å²) in [5, 5.41) is 17.9. The van der Waals surface area contributed by atoms with Crippen molar-refractivity contribution in [2.75, 3.05) is 25.0 Å². The van der Waals surface area contributed by atoms with Crippen molar-refractivity contribution in [2.45, 2.75) is 6.04 Å². The highest BCUT2D eigenvalue weighted by Crippen LogP contribution is 2.07. The maximum absolute atomic E-state index is 8.77. The maximum atomic E-state index is 8.77. The maximum Gasteiger partial charge on any atom is 0.223 e. The Morgan fingerprint density at radius 3 is 2.94 bits per heavy atom. The average Bonchev–Trinajstić information content (AvgIpc) is 2.70. The summed E-state index contributed by atoms with van der Waals surface area (Å²) in [6, 6.07) is 0.103. The van der Waals surface area contributed by atoms with Gasteiger partial charge < -0.3 is 10.4 Å². The monoisotopic (exact) mass is 333 g/mol. The van der Waals surface area contributed by atoms with Gasteiger partial charge in [0.25, 0.3) is 0 Å². The van der Waals surface area contributed by atoms with Crippen molar-refractivity contribution in [3.05, 3.63) is 16.0 Å². The highest BCUT2D eigenvalue weighted by Gasteiger charge is 2.17. The molecule has 1 unspecified atom stereocenters. The fourth-order valence-electron chi connectivity index (χ4n) is 1.40. The van der Waals surface area contributed by atoms with Crippen LogP contribution in [0.25, 0.3) is 0 Å². The summed E-state index contributed by atoms with van der Waals surface area (Å²) in [5.74, 6) is 0.600. The van der Waals surface area contributed by atoms with E-state index in [0.717, 1.165) is 10.1 Å². The zero-order valence-corrected chi connectivity index (χ0v) is 10.7. The van der Waals surface area contributed by atoms with Crippen molar-refractivity contribution in [3.8, 4) is 0 Å². The van der Waals surface area contributed by atoms with Crippen molar-refractivity contribution in [2.24, 2.45) is 5.10 Å². The molecule has 0 spiro atoms. The summed E-state index contributed by atoms with van der Waals surface area (Å²) in [6.45, 7) is 1.40. The topological polar surface area (TPSA) is 73.6 Å². The molecule has 2 rings (SSSR count). The number of aliphatic hydroxyl groups excluding tert-OH is 1. The van der Waals surface area contributed by atoms with E-state index >= 15 is 0 Å². The molecule has 0 aliphatic carbocycles. The third-order valence-corrected chi connectivity index (χ3v) is 2.67. The van der Waals surface area contributed by atoms with Crippen LogP contribution in [0.1, 0.15) is 0 Å². The minimum absolute atomic E-state index is 0.103. The molecular formula is C9H12IN5O. The van der Waals surface area contributed by atoms with Gasteiger partial charge >= 0.3 is 0 Å². The van der Waals surface area contributed by atoms with E-state index in [4.69, 9.17) is 5.11 Å². The van der Waals surface area contributed by atoms with Crippen LogP contribution in [0.15, 0.2) is 17.5 Å². The molecule has 0 aromatic carbocycles. The second kappa shape index (κ2) is 5.39. The van der Waals surface area contributed by atoms with Gasteiger partial charge in [0.1, 0.15) is 0 Å². The van der Waals surface area contributed by atoms with Crippen LogP contribution in [0.3, 0.4) is 0 Å². The number of anilines is 1. The quantitative estimate of drug-likeness (QED) is 0.768. The van der Waals surface area contributed by atoms with Crippen LogP contribution >= 0.6 is 22.6 Å². The van der Waals surface area contributed by atoms with Crippen molar-refractivity contribution in [1.29, 1.82) is 0 Å². The highest BCUT2D eigenvalue weighted by atomic mass is 127. The summed E-state index contributed by atoms with van der Waals surface area (Å²) in [5.41, 5.74) is 0. The number of aliphatic hydroxyl groups is 1. The minimum atomic E-state index is 0.103. The number of nitrogens with zero attached hydrogens (tertiary/aromatic N) is 4. The molecule has 0 saturated heterocycles. The normalized spacial score (nSPS) is 19.1. The minimum Gasteiger partial charge on any atom is -0.394 e. The Morgan fingerprint density at radius 1 is 1.50 bits per heavy atom. The van der Waals surface area contributed by atoms with Gasteiger partial charge in [-0.25, -0.2) is 9.97 Å². The summed E-state index contributed by atoms with van der Waals surface area (Å²) in [7, 11) is 0. The van der Waals surface area contributed by atoms with Gasteiger partial charge in [0, 0.05) is 22.2 Å². The number of aromatic nitrogens is 2. The largest absolute Gasteiger partial charge is 0.394 e. The standard InChI is InChI=1S/C9H12IN5O/c10-7-3-11-9(12-4-7)14-8-5-13-15(6-8)1-2-16/h3-5,8,16H,1-2,6H2,(H,11,12,14). The van der Waals surface area contributed by atoms with Crippen LogP contribution in [-0.2, 0) is 0 Å². The number of hydrogen-bond acceptors (Lipinski definition) is 6. The zero-order valence-electron chi connectivity index (χ0n) is 8.54. The molecule has 0 radical (unpaired) electrons. The lowest BCUT2D eigenvalue weighted by atomic mass is 10.3. The second-order valence-corrected chi connectivity index (χ2v) is 4.62. The first-order valence-electron chi connectivity index (χ1n) is 4.92. The van der Waals surface area contributed by atoms with Crippen LogP contribution in [-0.4, -0.2) is 52.0 Å². The number of rotatable bonds is 4. The average molecular weight is 333 g/mol. The van der Waals surface area contributed by atoms with E-state index < -0.39 is 0 Å². The van der Waals surface area contributed by atoms with E-state index in [1.165, 1.54) is 0 Å². The Hall–Kier alpha value is -0.960. The van der Waals surface area contributed by atoms with Gasteiger partial charge in [0.05, 0.1) is 25.7 Å². The highest BCUT2D eigenvalue weighted by molar-refractivity contribution is 14.1. The Labute approximate surface area is 107 Å². The molecule has 0 amide bonds. The van der Waals surface area contributed by atoms with E-state index in [2.05, 4.69) is 43.0 Å². The molecular weight excluding hydrogens is 321 g/mol. The van der Waals surface area contributed by atoms with Crippen LogP contribution in [0.5, 0.6) is 0 Å². The molecule has 86 valence electrons. The Bertz CT molecular complexity index is 369. The first-order valence-corrected chi connectivity index (χ1v) is 6.00. The number of hydrazone groups is 1. The van der Waals surface area contributed by atoms with Crippen LogP contribution in [0.2, 0.25) is 0 Å². The fraction of sp³-hybridized carbons (Fsp3) is 0.444. The third-order valence-electron chi connectivity index (χ3n) is 2.11. The Balaban J connectivity index is 1.88. The molecule has 16 heavy (non-hydrogen) atoms. The predicted molar refractivity (Wildman–Crippen MR) is 69.3 cm³/mol. The van der Waals surface area contributed by atoms with Gasteiger partial charge in [-0.05, 0) is 22.6 Å². The number of halogens is 1. The van der Waals surface area contributed by atoms with Crippen molar-refractivity contribution < 1.29 is 5.11 Å². The van der Waals surface area contributed by atoms with Gasteiger partial charge in [-0.1, -0.05) is 0 Å². The lowest BCUT2D eigenvalue weighted by molar-refractivity contribution is 0.211. The molecule has 1 aromatic rings. The number of hydrogen-bond donors (Lipinski definition) is 2. The molecule has 1 aliphatic heterocycles. The molecule has 0 saturated carbocycles. The van der Waals surface area contributed by atoms with E-state index in [1.807, 2.05) is 5.01 Å². The fourth-order valence-corrected chi connectivity index (χ4v) is 1.67. The van der Waals surface area contributed by atoms with Gasteiger partial charge in [-0.15, -0.1) is 0 Å². The second-order valence-electron chi connectivity index (χ2n) is 3.38. The van der Waals surface area contributed by atoms with Crippen LogP contribution in [0.4, 0.5) is 5.95 Å². The van der Waals surface area contributed by atoms with Crippen molar-refractivity contribution >= 4 is 34.8 Å². The summed E-state index contributed by atoms with van der Waals surface area (Å²) in [6.07, 6.45) is 5.32. The molecule has 1 aliphatic rings. The van der Waals surface area contributed by atoms with Crippen LogP contribution in [0, 0.1) is 3.57 Å². The SMILES string of the molecule is OCCN1CC(Nc2ncc(I)cn2)C=N1. The smallest absolute Gasteiger partial charge is 0.223 e. The summed E-state index contributed by atoms with van der Waals surface area (Å²) in [4.78, 5) is 8.31. The molecule has 2 heterocycles. The molecule has 1 atom stereocenters. The molecule has 1 aromatic heterocycles. The summed E-state index contributed by atoms with van der Waals surface area (Å²) >= 11 is 2.16. The molecule has 7 heteroatoms. The first kappa shape index (κ1) is 11.5. The van der Waals surface area contributed by atoms with E-state index in [0.29, 0.717) is 12.5 Å². The third kappa shape index (κ3) is 3.01. The molecule has 6 nitrogen and oxygen atoms in total. The van der Waals surface area contributed by atoms with Crippen LogP contribution < -0.4 is 5.32 Å². The van der Waals surface area contributed by atoms with E-state index in [1.54, 1.807) is 18.6 Å². The Kier molecular flexibility index (Phi) is 3.88. The predicted octanol–water partition coefficient (Wildman–Crippen LogP) is 0.155. The molecule has 0 bridgehead atoms. The van der Waals surface area contributed by atoms with E-state index in [-0.39, 0.29) is 12.6 Å². The molecule has 2 N–H and O–H groups in total. The lowest BCUT2D eigenvalue weighted by Crippen LogP contribution is -2.30. The Morgan fingerprint density at radius 2 is 2.25 bits per heavy atom. The molecule has 0 fully saturated rings. The van der Waals surface area contributed by atoms with Gasteiger partial charge in [-0.3, -0.25) is 5.01 Å². The zero-order chi connectivity index (χ0) is 11.4. The van der Waals surface area contributed by atoms with Gasteiger partial charge in [0.2, 0.25) is 5.95 Å². The lowest BCUT2D eigenvalue weighted by Gasteiger charge is -2.14.